The zero-order valence-corrected chi connectivity index (χ0v) is 20.2. The van der Waals surface area contributed by atoms with E-state index in [0.29, 0.717) is 11.6 Å². The van der Waals surface area contributed by atoms with E-state index < -0.39 is 0 Å². The van der Waals surface area contributed by atoms with E-state index in [0.717, 1.165) is 36.9 Å². The number of amides is 1. The van der Waals surface area contributed by atoms with Crippen molar-refractivity contribution >= 4 is 23.4 Å². The van der Waals surface area contributed by atoms with E-state index in [9.17, 15) is 10.1 Å². The Balaban J connectivity index is 1.93. The number of benzene rings is 2. The summed E-state index contributed by atoms with van der Waals surface area (Å²) in [5, 5.41) is 12.5. The molecule has 0 aliphatic carbocycles. The first-order valence-corrected chi connectivity index (χ1v) is 11.6. The van der Waals surface area contributed by atoms with Crippen LogP contribution in [0.1, 0.15) is 75.6 Å². The van der Waals surface area contributed by atoms with Gasteiger partial charge in [0.25, 0.3) is 5.91 Å². The maximum absolute atomic E-state index is 12.8. The molecule has 1 unspecified atom stereocenters. The predicted molar refractivity (Wildman–Crippen MR) is 134 cm³/mol. The summed E-state index contributed by atoms with van der Waals surface area (Å²) >= 11 is 0. The molecular formula is C28H35N3O. The Kier molecular flexibility index (Phi) is 7.09. The van der Waals surface area contributed by atoms with Crippen molar-refractivity contribution < 1.29 is 4.79 Å². The Morgan fingerprint density at radius 2 is 1.94 bits per heavy atom. The van der Waals surface area contributed by atoms with Crippen molar-refractivity contribution in [2.24, 2.45) is 0 Å². The first-order chi connectivity index (χ1) is 15.2. The third-order valence-electron chi connectivity index (χ3n) is 6.51. The van der Waals surface area contributed by atoms with Crippen LogP contribution in [-0.2, 0) is 11.2 Å². The lowest BCUT2D eigenvalue weighted by atomic mass is 9.78. The maximum atomic E-state index is 12.8. The highest BCUT2D eigenvalue weighted by atomic mass is 16.1. The molecular weight excluding hydrogens is 394 g/mol. The summed E-state index contributed by atoms with van der Waals surface area (Å²) in [7, 11) is 0. The molecule has 2 aromatic carbocycles. The number of nitrogens with one attached hydrogen (secondary N) is 1. The first-order valence-electron chi connectivity index (χ1n) is 11.6. The van der Waals surface area contributed by atoms with Crippen molar-refractivity contribution in [3.05, 3.63) is 64.2 Å². The molecule has 1 aliphatic rings. The van der Waals surface area contributed by atoms with Crippen molar-refractivity contribution in [3.63, 3.8) is 0 Å². The van der Waals surface area contributed by atoms with Crippen LogP contribution in [0.5, 0.6) is 0 Å². The van der Waals surface area contributed by atoms with Crippen LogP contribution in [0.2, 0.25) is 0 Å². The van der Waals surface area contributed by atoms with Crippen molar-refractivity contribution in [1.29, 1.82) is 5.26 Å². The molecule has 1 amide bonds. The highest BCUT2D eigenvalue weighted by Crippen LogP contribution is 2.44. The number of anilines is 2. The molecule has 0 saturated carbocycles. The molecule has 4 heteroatoms. The van der Waals surface area contributed by atoms with Crippen LogP contribution >= 0.6 is 0 Å². The number of rotatable bonds is 6. The summed E-state index contributed by atoms with van der Waals surface area (Å²) < 4.78 is 0. The largest absolute Gasteiger partial charge is 0.366 e. The van der Waals surface area contributed by atoms with Crippen molar-refractivity contribution in [1.82, 2.24) is 0 Å². The normalized spacial score (nSPS) is 17.5. The lowest BCUT2D eigenvalue weighted by molar-refractivity contribution is -0.112. The topological polar surface area (TPSA) is 56.1 Å². The molecule has 3 rings (SSSR count). The van der Waals surface area contributed by atoms with Gasteiger partial charge in [-0.05, 0) is 98.5 Å². The lowest BCUT2D eigenvalue weighted by Gasteiger charge is -2.48. The van der Waals surface area contributed by atoms with Crippen LogP contribution in [0.25, 0.3) is 6.08 Å². The van der Waals surface area contributed by atoms with Crippen LogP contribution in [0.3, 0.4) is 0 Å². The van der Waals surface area contributed by atoms with Gasteiger partial charge in [0.15, 0.2) is 0 Å². The number of nitriles is 1. The number of aryl methyl sites for hydroxylation is 2. The molecule has 1 N–H and O–H groups in total. The van der Waals surface area contributed by atoms with Gasteiger partial charge in [-0.3, -0.25) is 4.79 Å². The molecule has 0 bridgehead atoms. The molecule has 1 atom stereocenters. The van der Waals surface area contributed by atoms with Gasteiger partial charge in [0.2, 0.25) is 0 Å². The zero-order valence-electron chi connectivity index (χ0n) is 20.2. The van der Waals surface area contributed by atoms with Gasteiger partial charge in [-0.15, -0.1) is 0 Å². The molecule has 0 radical (unpaired) electrons. The molecule has 0 spiro atoms. The van der Waals surface area contributed by atoms with E-state index >= 15 is 0 Å². The van der Waals surface area contributed by atoms with Crippen LogP contribution < -0.4 is 10.2 Å². The second-order valence-corrected chi connectivity index (χ2v) is 9.51. The van der Waals surface area contributed by atoms with Gasteiger partial charge >= 0.3 is 0 Å². The van der Waals surface area contributed by atoms with Gasteiger partial charge in [-0.2, -0.15) is 5.26 Å². The molecule has 0 aromatic heterocycles. The van der Waals surface area contributed by atoms with E-state index in [2.05, 4.69) is 70.0 Å². The van der Waals surface area contributed by atoms with Crippen LogP contribution in [0.4, 0.5) is 11.4 Å². The SMILES string of the molecule is CCCN1c2cc(C)c(/C=C(\C#N)C(=O)Nc3ccc(CC)cc3)cc2C(C)CC1(C)C. The number of fused-ring (bicyclic) bond motifs is 1. The van der Waals surface area contributed by atoms with Crippen molar-refractivity contribution in [3.8, 4) is 6.07 Å². The van der Waals surface area contributed by atoms with E-state index in [1.54, 1.807) is 6.08 Å². The molecule has 168 valence electrons. The lowest BCUT2D eigenvalue weighted by Crippen LogP contribution is -2.48. The summed E-state index contributed by atoms with van der Waals surface area (Å²) in [4.78, 5) is 15.3. The fourth-order valence-electron chi connectivity index (χ4n) is 4.78. The highest BCUT2D eigenvalue weighted by Gasteiger charge is 2.36. The Hall–Kier alpha value is -3.06. The second-order valence-electron chi connectivity index (χ2n) is 9.51. The summed E-state index contributed by atoms with van der Waals surface area (Å²) in [6.45, 7) is 14.3. The highest BCUT2D eigenvalue weighted by molar-refractivity contribution is 6.09. The Morgan fingerprint density at radius 3 is 2.53 bits per heavy atom. The van der Waals surface area contributed by atoms with E-state index in [4.69, 9.17) is 0 Å². The summed E-state index contributed by atoms with van der Waals surface area (Å²) in [6.07, 6.45) is 4.84. The third-order valence-corrected chi connectivity index (χ3v) is 6.51. The summed E-state index contributed by atoms with van der Waals surface area (Å²) in [6, 6.07) is 14.2. The number of carbonyl (C=O) groups is 1. The zero-order chi connectivity index (χ0) is 23.5. The van der Waals surface area contributed by atoms with Gasteiger partial charge in [0.1, 0.15) is 11.6 Å². The number of hydrogen-bond acceptors (Lipinski definition) is 3. The monoisotopic (exact) mass is 429 g/mol. The second kappa shape index (κ2) is 9.61. The van der Waals surface area contributed by atoms with Gasteiger partial charge in [0.05, 0.1) is 0 Å². The minimum atomic E-state index is -0.379. The minimum Gasteiger partial charge on any atom is -0.366 e. The third kappa shape index (κ3) is 4.88. The smallest absolute Gasteiger partial charge is 0.266 e. The standard InChI is InChI=1S/C28H35N3O/c1-7-13-31-26-14-19(3)22(16-25(26)20(4)17-28(31,5)6)15-23(18-29)27(32)30-24-11-9-21(8-2)10-12-24/h9-12,14-16,20H,7-8,13,17H2,1-6H3,(H,30,32)/b23-15+. The molecule has 1 aliphatic heterocycles. The quantitative estimate of drug-likeness (QED) is 0.415. The van der Waals surface area contributed by atoms with Crippen LogP contribution in [0.15, 0.2) is 42.0 Å². The summed E-state index contributed by atoms with van der Waals surface area (Å²) in [5.41, 5.74) is 6.70. The van der Waals surface area contributed by atoms with Gasteiger partial charge in [0, 0.05) is 23.5 Å². The Morgan fingerprint density at radius 1 is 1.25 bits per heavy atom. The summed E-state index contributed by atoms with van der Waals surface area (Å²) in [5.74, 6) is 0.0351. The fourth-order valence-corrected chi connectivity index (χ4v) is 4.78. The van der Waals surface area contributed by atoms with Gasteiger partial charge in [-0.1, -0.05) is 32.9 Å². The number of carbonyl (C=O) groups excluding carboxylic acids is 1. The predicted octanol–water partition coefficient (Wildman–Crippen LogP) is 6.61. The van der Waals surface area contributed by atoms with Gasteiger partial charge < -0.3 is 10.2 Å². The molecule has 4 nitrogen and oxygen atoms in total. The molecule has 32 heavy (non-hydrogen) atoms. The molecule has 2 aromatic rings. The maximum Gasteiger partial charge on any atom is 0.266 e. The van der Waals surface area contributed by atoms with Crippen LogP contribution in [0, 0.1) is 18.3 Å². The van der Waals surface area contributed by atoms with Gasteiger partial charge in [-0.25, -0.2) is 0 Å². The number of hydrogen-bond donors (Lipinski definition) is 1. The fraction of sp³-hybridized carbons (Fsp3) is 0.429. The first kappa shape index (κ1) is 23.6. The van der Waals surface area contributed by atoms with E-state index in [1.807, 2.05) is 24.3 Å². The van der Waals surface area contributed by atoms with E-state index in [-0.39, 0.29) is 17.0 Å². The van der Waals surface area contributed by atoms with Crippen molar-refractivity contribution in [2.45, 2.75) is 72.3 Å². The molecule has 0 fully saturated rings. The minimum absolute atomic E-state index is 0.108. The van der Waals surface area contributed by atoms with Crippen LogP contribution in [-0.4, -0.2) is 18.0 Å². The average molecular weight is 430 g/mol. The Bertz CT molecular complexity index is 1060. The Labute approximate surface area is 192 Å². The molecule has 0 saturated heterocycles. The average Bonchev–Trinajstić information content (AvgIpc) is 2.75. The van der Waals surface area contributed by atoms with Crippen molar-refractivity contribution in [2.75, 3.05) is 16.8 Å². The van der Waals surface area contributed by atoms with E-state index in [1.165, 1.54) is 16.8 Å². The number of nitrogens with zero attached hydrogens (tertiary/aromatic N) is 2. The molecule has 1 heterocycles.